The van der Waals surface area contributed by atoms with Gasteiger partial charge in [-0.25, -0.2) is 4.98 Å². The number of fused-ring (bicyclic) bond motifs is 1. The van der Waals surface area contributed by atoms with Gasteiger partial charge in [-0.15, -0.1) is 0 Å². The molecule has 2 atom stereocenters. The lowest BCUT2D eigenvalue weighted by atomic mass is 10.1. The molecular weight excluding hydrogens is 290 g/mol. The Morgan fingerprint density at radius 3 is 2.96 bits per heavy atom. The molecule has 1 fully saturated rings. The molecule has 0 aliphatic carbocycles. The smallest absolute Gasteiger partial charge is 0.222 e. The maximum atomic E-state index is 6.03. The summed E-state index contributed by atoms with van der Waals surface area (Å²) >= 11 is 0. The van der Waals surface area contributed by atoms with Crippen molar-refractivity contribution in [2.45, 2.75) is 25.0 Å². The molecule has 2 aliphatic heterocycles. The number of ether oxygens (including phenoxy) is 1. The largest absolute Gasteiger partial charge is 0.483 e. The molecule has 1 unspecified atom stereocenters. The highest BCUT2D eigenvalue weighted by molar-refractivity contribution is 5.47. The molecule has 3 N–H and O–H groups in total. The number of nitrogens with one attached hydrogen (secondary N) is 1. The van der Waals surface area contributed by atoms with Crippen LogP contribution in [0.1, 0.15) is 23.8 Å². The molecule has 0 spiro atoms. The first-order valence-corrected chi connectivity index (χ1v) is 8.04. The van der Waals surface area contributed by atoms with E-state index >= 15 is 0 Å². The molecule has 0 bridgehead atoms. The van der Waals surface area contributed by atoms with E-state index in [1.165, 1.54) is 5.56 Å². The average molecular weight is 311 g/mol. The van der Waals surface area contributed by atoms with Crippen molar-refractivity contribution in [2.75, 3.05) is 30.8 Å². The first kappa shape index (κ1) is 14.3. The van der Waals surface area contributed by atoms with Crippen LogP contribution in [0.3, 0.4) is 0 Å². The lowest BCUT2D eigenvalue weighted by Crippen LogP contribution is -2.30. The van der Waals surface area contributed by atoms with Crippen LogP contribution in [-0.2, 0) is 6.42 Å². The van der Waals surface area contributed by atoms with Crippen LogP contribution in [0.4, 0.5) is 11.8 Å². The van der Waals surface area contributed by atoms with E-state index in [9.17, 15) is 0 Å². The normalized spacial score (nSPS) is 22.9. The fourth-order valence-electron chi connectivity index (χ4n) is 3.35. The number of likely N-dealkylation sites (N-methyl/N-ethyl adjacent to an activating group) is 1. The van der Waals surface area contributed by atoms with E-state index in [2.05, 4.69) is 26.3 Å². The second-order valence-corrected chi connectivity index (χ2v) is 6.15. The number of hydrogen-bond acceptors (Lipinski definition) is 6. The highest BCUT2D eigenvalue weighted by Crippen LogP contribution is 2.36. The van der Waals surface area contributed by atoms with E-state index in [-0.39, 0.29) is 6.10 Å². The number of aromatic nitrogens is 2. The van der Waals surface area contributed by atoms with Crippen LogP contribution in [-0.4, -0.2) is 36.1 Å². The van der Waals surface area contributed by atoms with E-state index in [1.807, 2.05) is 31.3 Å². The first-order chi connectivity index (χ1) is 11.2. The zero-order valence-corrected chi connectivity index (χ0v) is 13.2. The highest BCUT2D eigenvalue weighted by atomic mass is 16.5. The summed E-state index contributed by atoms with van der Waals surface area (Å²) in [6.45, 7) is 1.92. The third kappa shape index (κ3) is 2.70. The van der Waals surface area contributed by atoms with Crippen molar-refractivity contribution in [1.82, 2.24) is 15.3 Å². The van der Waals surface area contributed by atoms with Crippen LogP contribution in [0.5, 0.6) is 5.75 Å². The zero-order valence-electron chi connectivity index (χ0n) is 13.2. The van der Waals surface area contributed by atoms with Crippen LogP contribution >= 0.6 is 0 Å². The van der Waals surface area contributed by atoms with Gasteiger partial charge in [0.15, 0.2) is 0 Å². The van der Waals surface area contributed by atoms with Crippen molar-refractivity contribution in [3.63, 3.8) is 0 Å². The van der Waals surface area contributed by atoms with Gasteiger partial charge in [0.1, 0.15) is 17.7 Å². The SMILES string of the molecule is CN[C@@H]1CCN(c2cc(C3Cc4ccccc4O3)nc(N)n2)C1. The van der Waals surface area contributed by atoms with E-state index in [0.29, 0.717) is 12.0 Å². The molecule has 2 aromatic rings. The number of nitrogens with two attached hydrogens (primary N) is 1. The maximum absolute atomic E-state index is 6.03. The lowest BCUT2D eigenvalue weighted by molar-refractivity contribution is 0.233. The Kier molecular flexibility index (Phi) is 3.53. The summed E-state index contributed by atoms with van der Waals surface area (Å²) < 4.78 is 6.03. The summed E-state index contributed by atoms with van der Waals surface area (Å²) in [7, 11) is 2.00. The van der Waals surface area contributed by atoms with E-state index in [1.54, 1.807) is 0 Å². The van der Waals surface area contributed by atoms with Crippen molar-refractivity contribution in [3.8, 4) is 5.75 Å². The van der Waals surface area contributed by atoms with Crippen LogP contribution in [0, 0.1) is 0 Å². The highest BCUT2D eigenvalue weighted by Gasteiger charge is 2.28. The van der Waals surface area contributed by atoms with Gasteiger partial charge in [-0.3, -0.25) is 0 Å². The zero-order chi connectivity index (χ0) is 15.8. The molecule has 0 amide bonds. The van der Waals surface area contributed by atoms with Crippen LogP contribution in [0.25, 0.3) is 0 Å². The van der Waals surface area contributed by atoms with Crippen molar-refractivity contribution >= 4 is 11.8 Å². The summed E-state index contributed by atoms with van der Waals surface area (Å²) in [5.41, 5.74) is 8.02. The summed E-state index contributed by atoms with van der Waals surface area (Å²) in [4.78, 5) is 11.1. The van der Waals surface area contributed by atoms with Crippen molar-refractivity contribution in [3.05, 3.63) is 41.6 Å². The molecular formula is C17H21N5O. The predicted octanol–water partition coefficient (Wildman–Crippen LogP) is 1.53. The lowest BCUT2D eigenvalue weighted by Gasteiger charge is -2.19. The molecule has 0 saturated carbocycles. The molecule has 1 aromatic heterocycles. The second-order valence-electron chi connectivity index (χ2n) is 6.15. The third-order valence-corrected chi connectivity index (χ3v) is 4.65. The van der Waals surface area contributed by atoms with E-state index in [4.69, 9.17) is 10.5 Å². The Morgan fingerprint density at radius 2 is 2.17 bits per heavy atom. The van der Waals surface area contributed by atoms with E-state index < -0.39 is 0 Å². The Bertz CT molecular complexity index is 695. The molecule has 0 radical (unpaired) electrons. The third-order valence-electron chi connectivity index (χ3n) is 4.65. The number of para-hydroxylation sites is 1. The second kappa shape index (κ2) is 5.70. The van der Waals surface area contributed by atoms with Gasteiger partial charge >= 0.3 is 0 Å². The molecule has 1 aromatic carbocycles. The minimum absolute atomic E-state index is 0.0841. The first-order valence-electron chi connectivity index (χ1n) is 8.04. The Hall–Kier alpha value is -2.34. The van der Waals surface area contributed by atoms with Gasteiger partial charge in [0.2, 0.25) is 5.95 Å². The molecule has 6 nitrogen and oxygen atoms in total. The monoisotopic (exact) mass is 311 g/mol. The van der Waals surface area contributed by atoms with E-state index in [0.717, 1.165) is 43.2 Å². The van der Waals surface area contributed by atoms with Gasteiger partial charge in [-0.2, -0.15) is 4.98 Å². The van der Waals surface area contributed by atoms with Crippen LogP contribution in [0.2, 0.25) is 0 Å². The van der Waals surface area contributed by atoms with Crippen molar-refractivity contribution in [1.29, 1.82) is 0 Å². The number of nitrogens with zero attached hydrogens (tertiary/aromatic N) is 3. The quantitative estimate of drug-likeness (QED) is 0.895. The summed E-state index contributed by atoms with van der Waals surface area (Å²) in [6, 6.07) is 10.6. The fourth-order valence-corrected chi connectivity index (χ4v) is 3.35. The Labute approximate surface area is 135 Å². The number of nitrogen functional groups attached to an aromatic ring is 1. The Balaban J connectivity index is 1.59. The maximum Gasteiger partial charge on any atom is 0.222 e. The molecule has 23 heavy (non-hydrogen) atoms. The fraction of sp³-hybridized carbons (Fsp3) is 0.412. The summed E-state index contributed by atoms with van der Waals surface area (Å²) in [5.74, 6) is 2.14. The number of rotatable bonds is 3. The molecule has 2 aliphatic rings. The van der Waals surface area contributed by atoms with Crippen molar-refractivity contribution in [2.24, 2.45) is 0 Å². The number of benzene rings is 1. The minimum Gasteiger partial charge on any atom is -0.483 e. The average Bonchev–Trinajstić information content (AvgIpc) is 3.21. The number of anilines is 2. The van der Waals surface area contributed by atoms with Gasteiger partial charge in [0, 0.05) is 31.6 Å². The van der Waals surface area contributed by atoms with Crippen LogP contribution < -0.4 is 20.7 Å². The van der Waals surface area contributed by atoms with Gasteiger partial charge in [-0.1, -0.05) is 18.2 Å². The van der Waals surface area contributed by atoms with Gasteiger partial charge in [-0.05, 0) is 25.1 Å². The molecule has 1 saturated heterocycles. The predicted molar refractivity (Wildman–Crippen MR) is 89.6 cm³/mol. The number of hydrogen-bond donors (Lipinski definition) is 2. The summed E-state index contributed by atoms with van der Waals surface area (Å²) in [5, 5.41) is 3.32. The Morgan fingerprint density at radius 1 is 1.30 bits per heavy atom. The van der Waals surface area contributed by atoms with Gasteiger partial charge in [0.05, 0.1) is 5.69 Å². The standard InChI is InChI=1S/C17H21N5O/c1-19-12-6-7-22(10-12)16-9-13(20-17(18)21-16)15-8-11-4-2-3-5-14(11)23-15/h2-5,9,12,15,19H,6-8,10H2,1H3,(H2,18,20,21)/t12-,15?/m1/s1. The summed E-state index contributed by atoms with van der Waals surface area (Å²) in [6.07, 6.45) is 1.85. The van der Waals surface area contributed by atoms with Gasteiger partial charge < -0.3 is 20.7 Å². The van der Waals surface area contributed by atoms with Crippen LogP contribution in [0.15, 0.2) is 30.3 Å². The molecule has 3 heterocycles. The topological polar surface area (TPSA) is 76.3 Å². The molecule has 120 valence electrons. The van der Waals surface area contributed by atoms with Crippen molar-refractivity contribution < 1.29 is 4.74 Å². The molecule has 6 heteroatoms. The van der Waals surface area contributed by atoms with Gasteiger partial charge in [0.25, 0.3) is 0 Å². The minimum atomic E-state index is -0.0841. The molecule has 4 rings (SSSR count).